The number of anilines is 2. The van der Waals surface area contributed by atoms with E-state index in [0.717, 1.165) is 0 Å². The van der Waals surface area contributed by atoms with E-state index in [1.54, 1.807) is 32.5 Å². The predicted octanol–water partition coefficient (Wildman–Crippen LogP) is 0.880. The summed E-state index contributed by atoms with van der Waals surface area (Å²) in [4.78, 5) is 32.2. The first kappa shape index (κ1) is 19.0. The summed E-state index contributed by atoms with van der Waals surface area (Å²) in [6.07, 6.45) is 4.30. The molecule has 0 atom stereocenters. The van der Waals surface area contributed by atoms with Crippen LogP contribution in [0.1, 0.15) is 21.0 Å². The summed E-state index contributed by atoms with van der Waals surface area (Å²) < 4.78 is 11.8. The van der Waals surface area contributed by atoms with Crippen molar-refractivity contribution in [3.63, 3.8) is 0 Å². The zero-order valence-corrected chi connectivity index (χ0v) is 15.3. The number of aryl methyl sites for hydroxylation is 1. The van der Waals surface area contributed by atoms with Gasteiger partial charge in [0.2, 0.25) is 5.89 Å². The first-order valence-corrected chi connectivity index (χ1v) is 8.27. The van der Waals surface area contributed by atoms with Crippen LogP contribution in [0.3, 0.4) is 0 Å². The molecule has 0 aromatic carbocycles. The van der Waals surface area contributed by atoms with Gasteiger partial charge in [0.15, 0.2) is 11.4 Å². The molecule has 3 heterocycles. The van der Waals surface area contributed by atoms with E-state index in [1.807, 2.05) is 0 Å². The van der Waals surface area contributed by atoms with E-state index >= 15 is 0 Å². The average Bonchev–Trinajstić information content (AvgIpc) is 3.29. The average molecular weight is 385 g/mol. The van der Waals surface area contributed by atoms with Gasteiger partial charge in [-0.2, -0.15) is 5.10 Å². The minimum Gasteiger partial charge on any atom is -0.444 e. The highest BCUT2D eigenvalue weighted by Crippen LogP contribution is 2.21. The molecule has 11 nitrogen and oxygen atoms in total. The molecule has 11 heteroatoms. The lowest BCUT2D eigenvalue weighted by molar-refractivity contribution is 0.0995. The topological polar surface area (TPSA) is 150 Å². The van der Waals surface area contributed by atoms with Crippen molar-refractivity contribution in [2.75, 3.05) is 30.9 Å². The molecule has 0 saturated carbocycles. The number of primary amides is 1. The fourth-order valence-corrected chi connectivity index (χ4v) is 2.40. The molecule has 3 aromatic rings. The van der Waals surface area contributed by atoms with Gasteiger partial charge in [0.1, 0.15) is 12.1 Å². The first-order chi connectivity index (χ1) is 13.5. The Hall–Kier alpha value is -3.73. The van der Waals surface area contributed by atoms with Crippen LogP contribution in [0.4, 0.5) is 11.5 Å². The summed E-state index contributed by atoms with van der Waals surface area (Å²) in [6.45, 7) is 1.14. The van der Waals surface area contributed by atoms with E-state index in [9.17, 15) is 9.59 Å². The number of rotatable bonds is 8. The summed E-state index contributed by atoms with van der Waals surface area (Å²) in [5.41, 5.74) is 6.10. The van der Waals surface area contributed by atoms with E-state index in [2.05, 4.69) is 25.7 Å². The Morgan fingerprint density at radius 2 is 2.21 bits per heavy atom. The SMILES string of the molecule is COCCNc1cc(-c2nc(C(=O)Nc3cn(C)nc3C(N)=O)co2)ccn1. The Bertz CT molecular complexity index is 995. The normalized spacial score (nSPS) is 10.6. The quantitative estimate of drug-likeness (QED) is 0.484. The summed E-state index contributed by atoms with van der Waals surface area (Å²) in [5.74, 6) is -0.427. The van der Waals surface area contributed by atoms with Crippen LogP contribution in [0.5, 0.6) is 0 Å². The number of nitrogens with one attached hydrogen (secondary N) is 2. The Kier molecular flexibility index (Phi) is 5.65. The zero-order valence-electron chi connectivity index (χ0n) is 15.3. The van der Waals surface area contributed by atoms with Crippen molar-refractivity contribution in [1.29, 1.82) is 0 Å². The zero-order chi connectivity index (χ0) is 20.1. The molecule has 4 N–H and O–H groups in total. The van der Waals surface area contributed by atoms with E-state index in [-0.39, 0.29) is 23.0 Å². The molecule has 3 rings (SSSR count). The molecule has 0 aliphatic rings. The molecule has 0 saturated heterocycles. The molecule has 0 fully saturated rings. The highest BCUT2D eigenvalue weighted by molar-refractivity contribution is 6.07. The van der Waals surface area contributed by atoms with Crippen LogP contribution in [0, 0.1) is 0 Å². The Balaban J connectivity index is 1.74. The highest BCUT2D eigenvalue weighted by Gasteiger charge is 2.19. The van der Waals surface area contributed by atoms with Crippen LogP contribution in [0.25, 0.3) is 11.5 Å². The first-order valence-electron chi connectivity index (χ1n) is 8.27. The molecular weight excluding hydrogens is 366 g/mol. The molecule has 2 amide bonds. The number of methoxy groups -OCH3 is 1. The van der Waals surface area contributed by atoms with Gasteiger partial charge in [-0.05, 0) is 12.1 Å². The largest absolute Gasteiger partial charge is 0.444 e. The molecule has 28 heavy (non-hydrogen) atoms. The lowest BCUT2D eigenvalue weighted by Gasteiger charge is -2.05. The van der Waals surface area contributed by atoms with E-state index in [1.165, 1.54) is 17.1 Å². The molecule has 0 aliphatic carbocycles. The van der Waals surface area contributed by atoms with Crippen molar-refractivity contribution in [3.05, 3.63) is 42.2 Å². The fraction of sp³-hybridized carbons (Fsp3) is 0.235. The van der Waals surface area contributed by atoms with Crippen LogP contribution >= 0.6 is 0 Å². The second-order valence-corrected chi connectivity index (χ2v) is 5.77. The summed E-state index contributed by atoms with van der Waals surface area (Å²) in [6, 6.07) is 3.46. The van der Waals surface area contributed by atoms with Gasteiger partial charge in [0, 0.05) is 38.7 Å². The lowest BCUT2D eigenvalue weighted by Crippen LogP contribution is -2.18. The van der Waals surface area contributed by atoms with Gasteiger partial charge in [-0.15, -0.1) is 0 Å². The van der Waals surface area contributed by atoms with Crippen molar-refractivity contribution in [3.8, 4) is 11.5 Å². The van der Waals surface area contributed by atoms with Crippen molar-refractivity contribution >= 4 is 23.3 Å². The van der Waals surface area contributed by atoms with Crippen molar-refractivity contribution in [2.24, 2.45) is 12.8 Å². The van der Waals surface area contributed by atoms with Crippen molar-refractivity contribution < 1.29 is 18.7 Å². The number of ether oxygens (including phenoxy) is 1. The van der Waals surface area contributed by atoms with Crippen LogP contribution in [-0.4, -0.2) is 51.8 Å². The van der Waals surface area contributed by atoms with Crippen LogP contribution in [0.2, 0.25) is 0 Å². The molecule has 0 radical (unpaired) electrons. The number of hydrogen-bond acceptors (Lipinski definition) is 8. The Labute approximate surface area is 159 Å². The van der Waals surface area contributed by atoms with Crippen LogP contribution in [0.15, 0.2) is 35.2 Å². The minimum absolute atomic E-state index is 0.0412. The third-order valence-corrected chi connectivity index (χ3v) is 3.67. The molecular formula is C17H19N7O4. The summed E-state index contributed by atoms with van der Waals surface area (Å²) in [5, 5.41) is 9.57. The number of oxazole rings is 1. The van der Waals surface area contributed by atoms with Crippen LogP contribution < -0.4 is 16.4 Å². The fourth-order valence-electron chi connectivity index (χ4n) is 2.40. The van der Waals surface area contributed by atoms with Crippen LogP contribution in [-0.2, 0) is 11.8 Å². The van der Waals surface area contributed by atoms with Crippen molar-refractivity contribution in [2.45, 2.75) is 0 Å². The molecule has 0 bridgehead atoms. The number of nitrogens with two attached hydrogens (primary N) is 1. The lowest BCUT2D eigenvalue weighted by atomic mass is 10.2. The highest BCUT2D eigenvalue weighted by atomic mass is 16.5. The second kappa shape index (κ2) is 8.31. The van der Waals surface area contributed by atoms with Gasteiger partial charge in [0.05, 0.1) is 12.3 Å². The van der Waals surface area contributed by atoms with Gasteiger partial charge in [-0.1, -0.05) is 0 Å². The maximum Gasteiger partial charge on any atom is 0.277 e. The maximum atomic E-state index is 12.4. The maximum absolute atomic E-state index is 12.4. The van der Waals surface area contributed by atoms with E-state index in [0.29, 0.717) is 24.5 Å². The Morgan fingerprint density at radius 1 is 1.39 bits per heavy atom. The number of amides is 2. The standard InChI is InChI=1S/C17H19N7O4/c1-24-8-11(14(23-24)15(18)25)21-16(26)12-9-28-17(22-12)10-3-4-19-13(7-10)20-5-6-27-2/h3-4,7-9H,5-6H2,1-2H3,(H2,18,25)(H,19,20)(H,21,26). The number of nitrogens with zero attached hydrogens (tertiary/aromatic N) is 4. The molecule has 0 spiro atoms. The van der Waals surface area contributed by atoms with Gasteiger partial charge in [0.25, 0.3) is 11.8 Å². The number of aromatic nitrogens is 4. The second-order valence-electron chi connectivity index (χ2n) is 5.77. The molecule has 0 unspecified atom stereocenters. The summed E-state index contributed by atoms with van der Waals surface area (Å²) in [7, 11) is 3.22. The van der Waals surface area contributed by atoms with Gasteiger partial charge in [-0.3, -0.25) is 14.3 Å². The number of hydrogen-bond donors (Lipinski definition) is 3. The van der Waals surface area contributed by atoms with Gasteiger partial charge < -0.3 is 25.5 Å². The van der Waals surface area contributed by atoms with Gasteiger partial charge in [-0.25, -0.2) is 9.97 Å². The third kappa shape index (κ3) is 4.32. The molecule has 3 aromatic heterocycles. The van der Waals surface area contributed by atoms with Crippen molar-refractivity contribution in [1.82, 2.24) is 19.7 Å². The number of carbonyl (C=O) groups is 2. The minimum atomic E-state index is -0.748. The third-order valence-electron chi connectivity index (χ3n) is 3.67. The smallest absolute Gasteiger partial charge is 0.277 e. The Morgan fingerprint density at radius 3 is 2.96 bits per heavy atom. The number of pyridine rings is 1. The predicted molar refractivity (Wildman–Crippen MR) is 99.8 cm³/mol. The molecule has 0 aliphatic heterocycles. The van der Waals surface area contributed by atoms with E-state index in [4.69, 9.17) is 14.9 Å². The monoisotopic (exact) mass is 385 g/mol. The summed E-state index contributed by atoms with van der Waals surface area (Å²) >= 11 is 0. The molecule has 146 valence electrons. The van der Waals surface area contributed by atoms with Gasteiger partial charge >= 0.3 is 0 Å². The number of carbonyl (C=O) groups excluding carboxylic acids is 2. The van der Waals surface area contributed by atoms with E-state index < -0.39 is 11.8 Å².